The van der Waals surface area contributed by atoms with Gasteiger partial charge in [-0.3, -0.25) is 29.3 Å². The van der Waals surface area contributed by atoms with Gasteiger partial charge in [-0.15, -0.1) is 0 Å². The van der Waals surface area contributed by atoms with Gasteiger partial charge in [0, 0.05) is 25.4 Å². The van der Waals surface area contributed by atoms with Crippen LogP contribution in [-0.2, 0) is 21.7 Å². The summed E-state index contributed by atoms with van der Waals surface area (Å²) in [4.78, 5) is 51.4. The zero-order valence-corrected chi connectivity index (χ0v) is 21.9. The lowest BCUT2D eigenvalue weighted by Gasteiger charge is -2.38. The van der Waals surface area contributed by atoms with Gasteiger partial charge in [0.2, 0.25) is 5.91 Å². The maximum atomic E-state index is 13.1. The molecule has 1 aromatic heterocycles. The first-order chi connectivity index (χ1) is 19.3. The zero-order valence-electron chi connectivity index (χ0n) is 21.9. The second kappa shape index (κ2) is 12.7. The van der Waals surface area contributed by atoms with Crippen molar-refractivity contribution in [3.63, 3.8) is 0 Å². The van der Waals surface area contributed by atoms with Gasteiger partial charge in [0.1, 0.15) is 18.8 Å². The molecule has 3 aromatic carbocycles. The van der Waals surface area contributed by atoms with Crippen molar-refractivity contribution in [1.29, 1.82) is 0 Å². The molecule has 0 fully saturated rings. The van der Waals surface area contributed by atoms with Gasteiger partial charge in [-0.1, -0.05) is 72.8 Å². The third-order valence-electron chi connectivity index (χ3n) is 6.59. The zero-order chi connectivity index (χ0) is 28.5. The summed E-state index contributed by atoms with van der Waals surface area (Å²) in [6.45, 7) is -0.703. The second-order valence-corrected chi connectivity index (χ2v) is 9.08. The summed E-state index contributed by atoms with van der Waals surface area (Å²) in [7, 11) is 1.60. The van der Waals surface area contributed by atoms with Crippen molar-refractivity contribution in [3.8, 4) is 5.75 Å². The number of methoxy groups -OCH3 is 1. The highest BCUT2D eigenvalue weighted by atomic mass is 16.5. The van der Waals surface area contributed by atoms with Crippen LogP contribution in [0.2, 0.25) is 0 Å². The molecule has 10 nitrogen and oxygen atoms in total. The third kappa shape index (κ3) is 6.36. The highest BCUT2D eigenvalue weighted by Gasteiger charge is 2.36. The Morgan fingerprint density at radius 3 is 2.00 bits per heavy atom. The van der Waals surface area contributed by atoms with Crippen LogP contribution in [0.3, 0.4) is 0 Å². The predicted molar refractivity (Wildman–Crippen MR) is 149 cm³/mol. The lowest BCUT2D eigenvalue weighted by Crippen LogP contribution is -2.49. The van der Waals surface area contributed by atoms with Crippen LogP contribution in [0.4, 0.5) is 0 Å². The van der Waals surface area contributed by atoms with Gasteiger partial charge in [-0.25, -0.2) is 4.79 Å². The first kappa shape index (κ1) is 28.1. The molecule has 0 unspecified atom stereocenters. The Morgan fingerprint density at radius 1 is 0.900 bits per heavy atom. The minimum atomic E-state index is -1.19. The number of carbonyl (C=O) groups is 2. The van der Waals surface area contributed by atoms with Crippen molar-refractivity contribution in [3.05, 3.63) is 135 Å². The number of nitrogens with zero attached hydrogens (tertiary/aromatic N) is 2. The van der Waals surface area contributed by atoms with Crippen LogP contribution in [0.15, 0.2) is 107 Å². The number of aromatic nitrogens is 2. The molecule has 1 amide bonds. The van der Waals surface area contributed by atoms with Crippen molar-refractivity contribution < 1.29 is 19.4 Å². The Hall–Kier alpha value is -4.96. The molecule has 40 heavy (non-hydrogen) atoms. The monoisotopic (exact) mass is 542 g/mol. The lowest BCUT2D eigenvalue weighted by molar-refractivity contribution is -0.144. The smallest absolute Gasteiger partial charge is 0.328 e. The maximum Gasteiger partial charge on any atom is 0.328 e. The maximum absolute atomic E-state index is 13.1. The van der Waals surface area contributed by atoms with Crippen LogP contribution in [0.5, 0.6) is 5.75 Å². The number of ether oxygens (including phenoxy) is 1. The molecule has 0 aliphatic carbocycles. The Morgan fingerprint density at radius 2 is 1.48 bits per heavy atom. The van der Waals surface area contributed by atoms with E-state index < -0.39 is 41.8 Å². The van der Waals surface area contributed by atoms with Gasteiger partial charge in [-0.05, 0) is 28.8 Å². The van der Waals surface area contributed by atoms with Crippen molar-refractivity contribution in [1.82, 2.24) is 19.8 Å². The van der Waals surface area contributed by atoms with Gasteiger partial charge >= 0.3 is 11.7 Å². The first-order valence-electron chi connectivity index (χ1n) is 12.6. The molecule has 0 bridgehead atoms. The van der Waals surface area contributed by atoms with E-state index in [2.05, 4.69) is 10.3 Å². The highest BCUT2D eigenvalue weighted by Crippen LogP contribution is 2.37. The van der Waals surface area contributed by atoms with Crippen LogP contribution in [-0.4, -0.2) is 58.2 Å². The number of carbonyl (C=O) groups excluding carboxylic acids is 1. The SMILES string of the molecule is COc1ccc(C(NCCN(CC(=O)O)C(=O)Cn2ccc(=O)[nH]c2=O)(c2ccccc2)c2ccccc2)cc1. The van der Waals surface area contributed by atoms with E-state index in [1.54, 1.807) is 7.11 Å². The van der Waals surface area contributed by atoms with Crippen molar-refractivity contribution in [2.24, 2.45) is 0 Å². The lowest BCUT2D eigenvalue weighted by atomic mass is 9.77. The minimum Gasteiger partial charge on any atom is -0.497 e. The fraction of sp³-hybridized carbons (Fsp3) is 0.200. The summed E-state index contributed by atoms with van der Waals surface area (Å²) in [6.07, 6.45) is 1.20. The molecular weight excluding hydrogens is 512 g/mol. The molecule has 0 atom stereocenters. The highest BCUT2D eigenvalue weighted by molar-refractivity contribution is 5.81. The molecule has 0 saturated carbocycles. The molecular formula is C30H30N4O6. The summed E-state index contributed by atoms with van der Waals surface area (Å²) in [6, 6.07) is 28.5. The Kier molecular flexibility index (Phi) is 8.93. The number of aliphatic carboxylic acids is 1. The predicted octanol–water partition coefficient (Wildman–Crippen LogP) is 2.04. The summed E-state index contributed by atoms with van der Waals surface area (Å²) < 4.78 is 6.40. The number of amides is 1. The van der Waals surface area contributed by atoms with Gasteiger partial charge in [0.25, 0.3) is 5.56 Å². The van der Waals surface area contributed by atoms with E-state index >= 15 is 0 Å². The number of carboxylic acids is 1. The number of carboxylic acid groups (broad SMARTS) is 1. The average molecular weight is 543 g/mol. The Balaban J connectivity index is 1.68. The molecule has 0 radical (unpaired) electrons. The Bertz CT molecular complexity index is 1510. The number of H-pyrrole nitrogens is 1. The van der Waals surface area contributed by atoms with Gasteiger partial charge in [0.05, 0.1) is 12.6 Å². The van der Waals surface area contributed by atoms with Crippen molar-refractivity contribution >= 4 is 11.9 Å². The van der Waals surface area contributed by atoms with Crippen LogP contribution in [0, 0.1) is 0 Å². The number of rotatable bonds is 12. The molecule has 0 aliphatic rings. The van der Waals surface area contributed by atoms with E-state index in [9.17, 15) is 24.3 Å². The summed E-state index contributed by atoms with van der Waals surface area (Å²) in [5.74, 6) is -1.06. The summed E-state index contributed by atoms with van der Waals surface area (Å²) in [5, 5.41) is 13.1. The third-order valence-corrected chi connectivity index (χ3v) is 6.59. The quantitative estimate of drug-likeness (QED) is 0.233. The van der Waals surface area contributed by atoms with Crippen LogP contribution in [0.1, 0.15) is 16.7 Å². The fourth-order valence-corrected chi connectivity index (χ4v) is 4.67. The van der Waals surface area contributed by atoms with Crippen molar-refractivity contribution in [2.75, 3.05) is 26.7 Å². The molecule has 10 heteroatoms. The van der Waals surface area contributed by atoms with Gasteiger partial charge in [-0.2, -0.15) is 0 Å². The molecule has 3 N–H and O–H groups in total. The van der Waals surface area contributed by atoms with Crippen LogP contribution in [0.25, 0.3) is 0 Å². The fourth-order valence-electron chi connectivity index (χ4n) is 4.67. The standard InChI is InChI=1S/C30H30N4O6/c1-40-25-14-12-24(13-15-25)30(22-8-4-2-5-9-22,23-10-6-3-7-11-23)31-17-19-33(21-28(37)38)27(36)20-34-18-16-26(35)32-29(34)39/h2-16,18,31H,17,19-21H2,1H3,(H,37,38)(H,32,35,39). The minimum absolute atomic E-state index is 0.0425. The molecule has 4 rings (SSSR count). The largest absolute Gasteiger partial charge is 0.497 e. The average Bonchev–Trinajstić information content (AvgIpc) is 2.97. The molecule has 0 aliphatic heterocycles. The van der Waals surface area contributed by atoms with E-state index in [0.717, 1.165) is 27.3 Å². The summed E-state index contributed by atoms with van der Waals surface area (Å²) in [5.41, 5.74) is 0.631. The molecule has 1 heterocycles. The van der Waals surface area contributed by atoms with E-state index in [1.165, 1.54) is 11.1 Å². The molecule has 4 aromatic rings. The molecule has 206 valence electrons. The number of hydrogen-bond acceptors (Lipinski definition) is 6. The van der Waals surface area contributed by atoms with Crippen molar-refractivity contribution in [2.45, 2.75) is 12.1 Å². The molecule has 0 spiro atoms. The van der Waals surface area contributed by atoms with E-state index in [1.807, 2.05) is 84.9 Å². The van der Waals surface area contributed by atoms with E-state index in [0.29, 0.717) is 5.75 Å². The number of benzene rings is 3. The van der Waals surface area contributed by atoms with E-state index in [4.69, 9.17) is 4.74 Å². The second-order valence-electron chi connectivity index (χ2n) is 9.08. The number of aromatic amines is 1. The molecule has 0 saturated heterocycles. The first-order valence-corrected chi connectivity index (χ1v) is 12.6. The normalized spacial score (nSPS) is 11.1. The van der Waals surface area contributed by atoms with Gasteiger partial charge in [0.15, 0.2) is 0 Å². The Labute approximate surface area is 230 Å². The van der Waals surface area contributed by atoms with Crippen LogP contribution < -0.4 is 21.3 Å². The van der Waals surface area contributed by atoms with Gasteiger partial charge < -0.3 is 14.7 Å². The summed E-state index contributed by atoms with van der Waals surface area (Å²) >= 11 is 0. The topological polar surface area (TPSA) is 134 Å². The van der Waals surface area contributed by atoms with Crippen LogP contribution >= 0.6 is 0 Å². The number of nitrogens with one attached hydrogen (secondary N) is 2. The van der Waals surface area contributed by atoms with E-state index in [-0.39, 0.29) is 13.1 Å². The number of hydrogen-bond donors (Lipinski definition) is 3.